The maximum absolute atomic E-state index is 10.4. The fourth-order valence-electron chi connectivity index (χ4n) is 3.57. The summed E-state index contributed by atoms with van der Waals surface area (Å²) in [6, 6.07) is 0. The number of aliphatic hydroxyl groups is 2. The molecule has 0 aromatic heterocycles. The first kappa shape index (κ1) is 30.4. The summed E-state index contributed by atoms with van der Waals surface area (Å²) >= 11 is 0. The minimum atomic E-state index is -0.396. The molecule has 2 nitrogen and oxygen atoms in total. The lowest BCUT2D eigenvalue weighted by atomic mass is 10.0. The minimum Gasteiger partial charge on any atom is -0.392 e. The van der Waals surface area contributed by atoms with Crippen LogP contribution in [-0.2, 0) is 0 Å². The van der Waals surface area contributed by atoms with Gasteiger partial charge in [-0.1, -0.05) is 69.9 Å². The molecule has 0 aromatic rings. The predicted molar refractivity (Wildman–Crippen MR) is 143 cm³/mol. The predicted octanol–water partition coefficient (Wildman–Crippen LogP) is 8.55. The number of allylic oxidation sites excluding steroid dienone is 9. The molecule has 0 saturated heterocycles. The Bertz CT molecular complexity index is 694. The van der Waals surface area contributed by atoms with Gasteiger partial charge in [-0.3, -0.25) is 0 Å². The largest absolute Gasteiger partial charge is 0.392 e. The summed E-state index contributed by atoms with van der Waals surface area (Å²) in [5.41, 5.74) is 8.02. The van der Waals surface area contributed by atoms with Crippen LogP contribution in [0.5, 0.6) is 0 Å². The highest BCUT2D eigenvalue weighted by atomic mass is 16.3. The van der Waals surface area contributed by atoms with Crippen LogP contribution in [0.3, 0.4) is 0 Å². The molecule has 32 heavy (non-hydrogen) atoms. The quantitative estimate of drug-likeness (QED) is 0.235. The lowest BCUT2D eigenvalue weighted by molar-refractivity contribution is 0.222. The third-order valence-corrected chi connectivity index (χ3v) is 5.63. The summed E-state index contributed by atoms with van der Waals surface area (Å²) in [5.74, 6) is 0. The van der Waals surface area contributed by atoms with Gasteiger partial charge in [-0.2, -0.15) is 0 Å². The fourth-order valence-corrected chi connectivity index (χ4v) is 3.57. The standard InChI is InChI=1S/C30H50O2/c1-24(2)12-8-13-25(3)15-10-18-28(6)22-30(32)23-29(7)19-11-16-26(4)14-9-17-27(5)20-21-31/h12,14-15,19-20,22,30-32H,8-11,13,16-18,21,23H2,1-7H3. The van der Waals surface area contributed by atoms with Crippen LogP contribution in [0.25, 0.3) is 0 Å². The third kappa shape index (κ3) is 19.1. The van der Waals surface area contributed by atoms with Crippen LogP contribution in [0.15, 0.2) is 69.9 Å². The summed E-state index contributed by atoms with van der Waals surface area (Å²) < 4.78 is 0. The van der Waals surface area contributed by atoms with Crippen LogP contribution in [0.1, 0.15) is 106 Å². The Morgan fingerprint density at radius 1 is 0.562 bits per heavy atom. The van der Waals surface area contributed by atoms with Gasteiger partial charge in [0.15, 0.2) is 0 Å². The minimum absolute atomic E-state index is 0.132. The Morgan fingerprint density at radius 2 is 0.969 bits per heavy atom. The average molecular weight is 443 g/mol. The van der Waals surface area contributed by atoms with Crippen LogP contribution in [0.4, 0.5) is 0 Å². The molecule has 0 spiro atoms. The Labute approximate surface area is 199 Å². The molecular weight excluding hydrogens is 392 g/mol. The first-order chi connectivity index (χ1) is 15.1. The van der Waals surface area contributed by atoms with Crippen LogP contribution in [0, 0.1) is 0 Å². The third-order valence-electron chi connectivity index (χ3n) is 5.63. The average Bonchev–Trinajstić information content (AvgIpc) is 2.67. The van der Waals surface area contributed by atoms with E-state index in [2.05, 4.69) is 72.8 Å². The van der Waals surface area contributed by atoms with E-state index in [1.54, 1.807) is 0 Å². The molecule has 2 heteroatoms. The second kappa shape index (κ2) is 18.9. The molecule has 0 aliphatic rings. The number of hydrogen-bond donors (Lipinski definition) is 2. The van der Waals surface area contributed by atoms with E-state index in [0.717, 1.165) is 51.4 Å². The van der Waals surface area contributed by atoms with Crippen molar-refractivity contribution in [2.45, 2.75) is 112 Å². The molecule has 0 aliphatic heterocycles. The molecule has 0 aromatic carbocycles. The van der Waals surface area contributed by atoms with E-state index in [1.807, 2.05) is 12.2 Å². The Morgan fingerprint density at radius 3 is 1.44 bits per heavy atom. The van der Waals surface area contributed by atoms with Crippen molar-refractivity contribution in [1.29, 1.82) is 0 Å². The lowest BCUT2D eigenvalue weighted by Crippen LogP contribution is -2.03. The zero-order valence-corrected chi connectivity index (χ0v) is 22.0. The van der Waals surface area contributed by atoms with Crippen molar-refractivity contribution in [2.75, 3.05) is 6.61 Å². The maximum Gasteiger partial charge on any atom is 0.0760 e. The van der Waals surface area contributed by atoms with Gasteiger partial charge >= 0.3 is 0 Å². The van der Waals surface area contributed by atoms with E-state index >= 15 is 0 Å². The van der Waals surface area contributed by atoms with E-state index in [1.165, 1.54) is 33.4 Å². The smallest absolute Gasteiger partial charge is 0.0760 e. The number of aliphatic hydroxyl groups excluding tert-OH is 2. The van der Waals surface area contributed by atoms with Gasteiger partial charge in [0.2, 0.25) is 0 Å². The zero-order valence-electron chi connectivity index (χ0n) is 22.0. The molecule has 182 valence electrons. The first-order valence-corrected chi connectivity index (χ1v) is 12.4. The lowest BCUT2D eigenvalue weighted by Gasteiger charge is -2.09. The summed E-state index contributed by atoms with van der Waals surface area (Å²) in [7, 11) is 0. The van der Waals surface area contributed by atoms with Crippen LogP contribution in [0.2, 0.25) is 0 Å². The topological polar surface area (TPSA) is 40.5 Å². The Balaban J connectivity index is 4.29. The van der Waals surface area contributed by atoms with Crippen LogP contribution >= 0.6 is 0 Å². The zero-order chi connectivity index (χ0) is 24.4. The highest BCUT2D eigenvalue weighted by molar-refractivity contribution is 5.11. The van der Waals surface area contributed by atoms with Gasteiger partial charge in [0.25, 0.3) is 0 Å². The van der Waals surface area contributed by atoms with E-state index in [9.17, 15) is 5.11 Å². The molecule has 0 heterocycles. The molecule has 0 rings (SSSR count). The highest BCUT2D eigenvalue weighted by Crippen LogP contribution is 2.16. The molecule has 0 amide bonds. The molecule has 0 aliphatic carbocycles. The van der Waals surface area contributed by atoms with Crippen molar-refractivity contribution in [2.24, 2.45) is 0 Å². The molecule has 1 unspecified atom stereocenters. The van der Waals surface area contributed by atoms with Crippen molar-refractivity contribution < 1.29 is 10.2 Å². The molecule has 2 N–H and O–H groups in total. The SMILES string of the molecule is CC(C)=CCCC(C)=CCCC(C)=CC(O)CC(C)=CCCC(C)=CCCC(C)=CCO. The summed E-state index contributed by atoms with van der Waals surface area (Å²) in [5, 5.41) is 19.3. The summed E-state index contributed by atoms with van der Waals surface area (Å²) in [6.45, 7) is 15.1. The monoisotopic (exact) mass is 442 g/mol. The van der Waals surface area contributed by atoms with E-state index in [-0.39, 0.29) is 6.61 Å². The van der Waals surface area contributed by atoms with Gasteiger partial charge in [0.1, 0.15) is 0 Å². The second-order valence-electron chi connectivity index (χ2n) is 9.61. The molecule has 1 atom stereocenters. The normalized spacial score (nSPS) is 15.2. The van der Waals surface area contributed by atoms with Gasteiger partial charge in [0, 0.05) is 0 Å². The van der Waals surface area contributed by atoms with Crippen molar-refractivity contribution in [3.8, 4) is 0 Å². The van der Waals surface area contributed by atoms with Crippen molar-refractivity contribution >= 4 is 0 Å². The van der Waals surface area contributed by atoms with E-state index in [0.29, 0.717) is 6.42 Å². The Kier molecular flexibility index (Phi) is 17.9. The number of rotatable bonds is 16. The Hall–Kier alpha value is -1.64. The number of hydrogen-bond acceptors (Lipinski definition) is 2. The van der Waals surface area contributed by atoms with Gasteiger partial charge < -0.3 is 10.2 Å². The van der Waals surface area contributed by atoms with Gasteiger partial charge in [-0.15, -0.1) is 0 Å². The van der Waals surface area contributed by atoms with Crippen molar-refractivity contribution in [3.05, 3.63) is 69.9 Å². The fraction of sp³-hybridized carbons (Fsp3) is 0.600. The van der Waals surface area contributed by atoms with Crippen LogP contribution < -0.4 is 0 Å². The van der Waals surface area contributed by atoms with Crippen molar-refractivity contribution in [3.63, 3.8) is 0 Å². The molecule has 0 fully saturated rings. The molecular formula is C30H50O2. The summed E-state index contributed by atoms with van der Waals surface area (Å²) in [4.78, 5) is 0. The molecule has 0 bridgehead atoms. The molecule has 0 radical (unpaired) electrons. The highest BCUT2D eigenvalue weighted by Gasteiger charge is 2.03. The second-order valence-corrected chi connectivity index (χ2v) is 9.61. The van der Waals surface area contributed by atoms with Crippen molar-refractivity contribution in [1.82, 2.24) is 0 Å². The van der Waals surface area contributed by atoms with E-state index in [4.69, 9.17) is 5.11 Å². The maximum atomic E-state index is 10.4. The van der Waals surface area contributed by atoms with Gasteiger partial charge in [-0.25, -0.2) is 0 Å². The van der Waals surface area contributed by atoms with E-state index < -0.39 is 6.10 Å². The molecule has 0 saturated carbocycles. The summed E-state index contributed by atoms with van der Waals surface area (Å²) in [6.07, 6.45) is 21.9. The first-order valence-electron chi connectivity index (χ1n) is 12.4. The van der Waals surface area contributed by atoms with Gasteiger partial charge in [-0.05, 0) is 106 Å². The van der Waals surface area contributed by atoms with Crippen LogP contribution in [-0.4, -0.2) is 22.9 Å². The van der Waals surface area contributed by atoms with Gasteiger partial charge in [0.05, 0.1) is 12.7 Å².